The number of amides is 2. The summed E-state index contributed by atoms with van der Waals surface area (Å²) in [6, 6.07) is 16.3. The molecular formula is C15H15N3O2. The van der Waals surface area contributed by atoms with Crippen molar-refractivity contribution in [3.05, 3.63) is 60.2 Å². The zero-order valence-corrected chi connectivity index (χ0v) is 11.1. The van der Waals surface area contributed by atoms with Crippen LogP contribution in [0.4, 0.5) is 4.79 Å². The second-order valence-corrected chi connectivity index (χ2v) is 4.09. The number of hydrazone groups is 1. The summed E-state index contributed by atoms with van der Waals surface area (Å²) in [5.41, 5.74) is 5.89. The molecule has 0 atom stereocenters. The molecule has 20 heavy (non-hydrogen) atoms. The zero-order chi connectivity index (χ0) is 14.4. The van der Waals surface area contributed by atoms with E-state index >= 15 is 0 Å². The number of para-hydroxylation sites is 1. The van der Waals surface area contributed by atoms with E-state index in [1.54, 1.807) is 6.21 Å². The monoisotopic (exact) mass is 269 g/mol. The Hall–Kier alpha value is -2.82. The summed E-state index contributed by atoms with van der Waals surface area (Å²) >= 11 is 0. The van der Waals surface area contributed by atoms with Crippen molar-refractivity contribution in [3.63, 3.8) is 0 Å². The van der Waals surface area contributed by atoms with E-state index in [4.69, 9.17) is 10.5 Å². The van der Waals surface area contributed by atoms with Crippen LogP contribution in [0.1, 0.15) is 5.56 Å². The number of ether oxygens (including phenoxy) is 1. The summed E-state index contributed by atoms with van der Waals surface area (Å²) in [5, 5.41) is 4.98. The van der Waals surface area contributed by atoms with E-state index < -0.39 is 6.03 Å². The van der Waals surface area contributed by atoms with Gasteiger partial charge in [0.05, 0.1) is 6.21 Å². The molecule has 0 bridgehead atoms. The molecule has 0 radical (unpaired) electrons. The van der Waals surface area contributed by atoms with Crippen molar-refractivity contribution < 1.29 is 9.53 Å². The Balaban J connectivity index is 2.10. The summed E-state index contributed by atoms with van der Waals surface area (Å²) in [6.07, 6.45) is 1.54. The highest BCUT2D eigenvalue weighted by molar-refractivity contribution is 5.81. The molecule has 0 unspecified atom stereocenters. The molecule has 0 spiro atoms. The molecule has 0 aromatic heterocycles. The van der Waals surface area contributed by atoms with Gasteiger partial charge >= 0.3 is 6.03 Å². The lowest BCUT2D eigenvalue weighted by Crippen LogP contribution is -2.27. The molecule has 0 saturated heterocycles. The molecule has 0 aliphatic heterocycles. The number of nitrogens with zero attached hydrogens (tertiary/aromatic N) is 2. The summed E-state index contributed by atoms with van der Waals surface area (Å²) in [7, 11) is 1.49. The fourth-order valence-electron chi connectivity index (χ4n) is 1.49. The van der Waals surface area contributed by atoms with Crippen LogP contribution in [0.3, 0.4) is 0 Å². The number of carbonyl (C=O) groups excluding carboxylic acids is 1. The Morgan fingerprint density at radius 3 is 2.55 bits per heavy atom. The molecule has 5 heteroatoms. The average molecular weight is 269 g/mol. The van der Waals surface area contributed by atoms with Crippen LogP contribution in [0.5, 0.6) is 11.5 Å². The first kappa shape index (κ1) is 13.6. The Morgan fingerprint density at radius 2 is 1.85 bits per heavy atom. The predicted molar refractivity (Wildman–Crippen MR) is 77.9 cm³/mol. The highest BCUT2D eigenvalue weighted by Gasteiger charge is 2.00. The number of hydrogen-bond acceptors (Lipinski definition) is 3. The van der Waals surface area contributed by atoms with Gasteiger partial charge in [0, 0.05) is 7.05 Å². The lowest BCUT2D eigenvalue weighted by atomic mass is 10.2. The quantitative estimate of drug-likeness (QED) is 0.685. The summed E-state index contributed by atoms with van der Waals surface area (Å²) in [5.74, 6) is 1.46. The molecule has 0 saturated carbocycles. The third kappa shape index (κ3) is 3.84. The molecule has 2 aromatic carbocycles. The Morgan fingerprint density at radius 1 is 1.15 bits per heavy atom. The van der Waals surface area contributed by atoms with Crippen LogP contribution in [0.15, 0.2) is 59.7 Å². The first-order valence-electron chi connectivity index (χ1n) is 6.05. The minimum atomic E-state index is -0.613. The van der Waals surface area contributed by atoms with E-state index in [2.05, 4.69) is 5.10 Å². The van der Waals surface area contributed by atoms with Gasteiger partial charge in [-0.15, -0.1) is 0 Å². The van der Waals surface area contributed by atoms with Gasteiger partial charge in [-0.25, -0.2) is 9.80 Å². The van der Waals surface area contributed by atoms with Crippen molar-refractivity contribution in [2.45, 2.75) is 0 Å². The van der Waals surface area contributed by atoms with Crippen LogP contribution in [0.2, 0.25) is 0 Å². The van der Waals surface area contributed by atoms with Crippen molar-refractivity contribution in [3.8, 4) is 11.5 Å². The van der Waals surface area contributed by atoms with E-state index in [1.807, 2.05) is 54.6 Å². The second-order valence-electron chi connectivity index (χ2n) is 4.09. The van der Waals surface area contributed by atoms with E-state index in [0.29, 0.717) is 5.75 Å². The largest absolute Gasteiger partial charge is 0.457 e. The normalized spacial score (nSPS) is 10.4. The summed E-state index contributed by atoms with van der Waals surface area (Å²) in [4.78, 5) is 10.8. The first-order chi connectivity index (χ1) is 9.65. The molecule has 2 aromatic rings. The molecule has 0 heterocycles. The third-order valence-electron chi connectivity index (χ3n) is 2.54. The fourth-order valence-corrected chi connectivity index (χ4v) is 1.49. The summed E-state index contributed by atoms with van der Waals surface area (Å²) < 4.78 is 5.71. The maximum atomic E-state index is 10.8. The van der Waals surface area contributed by atoms with Crippen molar-refractivity contribution in [2.24, 2.45) is 10.8 Å². The molecule has 2 N–H and O–H groups in total. The lowest BCUT2D eigenvalue weighted by Gasteiger charge is -2.07. The van der Waals surface area contributed by atoms with Crippen molar-refractivity contribution in [1.29, 1.82) is 0 Å². The van der Waals surface area contributed by atoms with E-state index in [9.17, 15) is 4.79 Å². The van der Waals surface area contributed by atoms with Crippen LogP contribution in [-0.2, 0) is 0 Å². The van der Waals surface area contributed by atoms with Gasteiger partial charge in [-0.3, -0.25) is 0 Å². The number of rotatable bonds is 4. The van der Waals surface area contributed by atoms with Gasteiger partial charge in [0.25, 0.3) is 0 Å². The highest BCUT2D eigenvalue weighted by Crippen LogP contribution is 2.21. The predicted octanol–water partition coefficient (Wildman–Crippen LogP) is 2.82. The Labute approximate surface area is 117 Å². The van der Waals surface area contributed by atoms with Gasteiger partial charge in [0.1, 0.15) is 11.5 Å². The van der Waals surface area contributed by atoms with Gasteiger partial charge in [-0.1, -0.05) is 30.3 Å². The van der Waals surface area contributed by atoms with Crippen molar-refractivity contribution in [2.75, 3.05) is 7.05 Å². The van der Waals surface area contributed by atoms with Gasteiger partial charge < -0.3 is 10.5 Å². The Bertz CT molecular complexity index is 612. The molecule has 102 valence electrons. The first-order valence-corrected chi connectivity index (χ1v) is 6.05. The molecule has 5 nitrogen and oxygen atoms in total. The minimum absolute atomic E-state index is 0.613. The smallest absolute Gasteiger partial charge is 0.334 e. The van der Waals surface area contributed by atoms with Gasteiger partial charge in [-0.05, 0) is 29.8 Å². The van der Waals surface area contributed by atoms with Crippen LogP contribution in [-0.4, -0.2) is 24.3 Å². The van der Waals surface area contributed by atoms with Crippen molar-refractivity contribution in [1.82, 2.24) is 5.01 Å². The standard InChI is InChI=1S/C15H15N3O2/c1-18(15(16)19)17-11-12-6-5-9-14(10-12)20-13-7-3-2-4-8-13/h2-11H,1H3,(H2,16,19). The minimum Gasteiger partial charge on any atom is -0.457 e. The SMILES string of the molecule is CN(N=Cc1cccc(Oc2ccccc2)c1)C(N)=O. The van der Waals surface area contributed by atoms with Crippen LogP contribution >= 0.6 is 0 Å². The van der Waals surface area contributed by atoms with Crippen LogP contribution in [0.25, 0.3) is 0 Å². The van der Waals surface area contributed by atoms with Crippen LogP contribution < -0.4 is 10.5 Å². The number of carbonyl (C=O) groups is 1. The maximum absolute atomic E-state index is 10.8. The van der Waals surface area contributed by atoms with Gasteiger partial charge in [-0.2, -0.15) is 5.10 Å². The fraction of sp³-hybridized carbons (Fsp3) is 0.0667. The highest BCUT2D eigenvalue weighted by atomic mass is 16.5. The van der Waals surface area contributed by atoms with Crippen molar-refractivity contribution >= 4 is 12.2 Å². The third-order valence-corrected chi connectivity index (χ3v) is 2.54. The Kier molecular flexibility index (Phi) is 4.34. The van der Waals surface area contributed by atoms with Gasteiger partial charge in [0.2, 0.25) is 0 Å². The van der Waals surface area contributed by atoms with Gasteiger partial charge in [0.15, 0.2) is 0 Å². The lowest BCUT2D eigenvalue weighted by molar-refractivity contribution is 0.220. The molecular weight excluding hydrogens is 254 g/mol. The molecule has 0 fully saturated rings. The molecule has 0 aliphatic rings. The number of urea groups is 1. The second kappa shape index (κ2) is 6.38. The number of primary amides is 1. The average Bonchev–Trinajstić information content (AvgIpc) is 2.46. The zero-order valence-electron chi connectivity index (χ0n) is 11.1. The van der Waals surface area contributed by atoms with Crippen LogP contribution in [0, 0.1) is 0 Å². The molecule has 2 rings (SSSR count). The maximum Gasteiger partial charge on any atom is 0.334 e. The topological polar surface area (TPSA) is 67.9 Å². The van der Waals surface area contributed by atoms with E-state index in [1.165, 1.54) is 7.05 Å². The number of nitrogens with two attached hydrogens (primary N) is 1. The molecule has 2 amide bonds. The van der Waals surface area contributed by atoms with E-state index in [-0.39, 0.29) is 0 Å². The van der Waals surface area contributed by atoms with E-state index in [0.717, 1.165) is 16.3 Å². The number of hydrogen-bond donors (Lipinski definition) is 1. The number of benzene rings is 2. The summed E-state index contributed by atoms with van der Waals surface area (Å²) in [6.45, 7) is 0. The molecule has 0 aliphatic carbocycles.